The lowest BCUT2D eigenvalue weighted by Gasteiger charge is -2.28. The van der Waals surface area contributed by atoms with Gasteiger partial charge in [0.15, 0.2) is 5.82 Å². The van der Waals surface area contributed by atoms with Crippen molar-refractivity contribution < 1.29 is 4.42 Å². The van der Waals surface area contributed by atoms with Crippen LogP contribution in [0, 0.1) is 0 Å². The zero-order valence-electron chi connectivity index (χ0n) is 30.2. The van der Waals surface area contributed by atoms with Gasteiger partial charge < -0.3 is 4.42 Å². The fourth-order valence-corrected chi connectivity index (χ4v) is 8.95. The lowest BCUT2D eigenvalue weighted by atomic mass is 9.74. The number of nitrogens with zero attached hydrogens (tertiary/aromatic N) is 2. The summed E-state index contributed by atoms with van der Waals surface area (Å²) in [6.07, 6.45) is 0. The Balaban J connectivity index is 1.17. The highest BCUT2D eigenvalue weighted by Crippen LogP contribution is 2.55. The summed E-state index contributed by atoms with van der Waals surface area (Å²) in [6, 6.07) is 66.9. The number of fused-ring (bicyclic) bond motifs is 7. The molecule has 0 N–H and O–H groups in total. The Labute approximate surface area is 319 Å². The summed E-state index contributed by atoms with van der Waals surface area (Å²) >= 11 is 0. The molecule has 2 heterocycles. The molecule has 0 aliphatic heterocycles. The zero-order valence-corrected chi connectivity index (χ0v) is 30.2. The van der Waals surface area contributed by atoms with Crippen LogP contribution in [0.5, 0.6) is 0 Å². The van der Waals surface area contributed by atoms with Crippen LogP contribution in [0.2, 0.25) is 0 Å². The summed E-state index contributed by atoms with van der Waals surface area (Å²) in [6.45, 7) is 2.36. The van der Waals surface area contributed by atoms with Crippen molar-refractivity contribution in [2.75, 3.05) is 0 Å². The molecule has 2 aromatic heterocycles. The molecule has 8 aromatic carbocycles. The van der Waals surface area contributed by atoms with E-state index in [1.165, 1.54) is 27.8 Å². The van der Waals surface area contributed by atoms with Gasteiger partial charge in [-0.2, -0.15) is 0 Å². The Morgan fingerprint density at radius 3 is 1.89 bits per heavy atom. The molecule has 0 saturated heterocycles. The topological polar surface area (TPSA) is 38.9 Å². The van der Waals surface area contributed by atoms with Gasteiger partial charge in [0.05, 0.1) is 11.4 Å². The Morgan fingerprint density at radius 1 is 0.418 bits per heavy atom. The normalized spacial score (nSPS) is 14.7. The van der Waals surface area contributed by atoms with Crippen LogP contribution in [0.4, 0.5) is 0 Å². The molecule has 1 aliphatic carbocycles. The van der Waals surface area contributed by atoms with Crippen molar-refractivity contribution in [1.29, 1.82) is 0 Å². The highest BCUT2D eigenvalue weighted by Gasteiger charge is 2.41. The van der Waals surface area contributed by atoms with Gasteiger partial charge in [-0.05, 0) is 80.9 Å². The minimum Gasteiger partial charge on any atom is -0.456 e. The quantitative estimate of drug-likeness (QED) is 0.179. The van der Waals surface area contributed by atoms with Crippen LogP contribution in [0.3, 0.4) is 0 Å². The first-order valence-electron chi connectivity index (χ1n) is 18.8. The van der Waals surface area contributed by atoms with Crippen LogP contribution in [0.1, 0.15) is 23.6 Å². The fraction of sp³-hybridized carbons (Fsp3) is 0.0385. The number of benzene rings is 8. The minimum absolute atomic E-state index is 0.319. The largest absolute Gasteiger partial charge is 0.456 e. The Morgan fingerprint density at radius 2 is 1.02 bits per heavy atom. The summed E-state index contributed by atoms with van der Waals surface area (Å²) in [5.74, 6) is 0.699. The maximum Gasteiger partial charge on any atom is 0.161 e. The Kier molecular flexibility index (Phi) is 6.99. The average Bonchev–Trinajstić information content (AvgIpc) is 3.76. The Hall–Kier alpha value is -7.10. The van der Waals surface area contributed by atoms with Crippen LogP contribution in [0.25, 0.3) is 88.9 Å². The molecule has 1 unspecified atom stereocenters. The molecular formula is C52H34N2O. The molecule has 1 atom stereocenters. The molecule has 10 aromatic rings. The lowest BCUT2D eigenvalue weighted by molar-refractivity contribution is 0.669. The van der Waals surface area contributed by atoms with Gasteiger partial charge in [-0.25, -0.2) is 9.97 Å². The van der Waals surface area contributed by atoms with E-state index in [-0.39, 0.29) is 5.41 Å². The molecule has 258 valence electrons. The number of furan rings is 1. The monoisotopic (exact) mass is 702 g/mol. The second-order valence-corrected chi connectivity index (χ2v) is 14.6. The van der Waals surface area contributed by atoms with Gasteiger partial charge in [-0.15, -0.1) is 0 Å². The van der Waals surface area contributed by atoms with Gasteiger partial charge in [0, 0.05) is 32.9 Å². The second-order valence-electron chi connectivity index (χ2n) is 14.6. The zero-order chi connectivity index (χ0) is 36.5. The number of rotatable bonds is 5. The van der Waals surface area contributed by atoms with Crippen molar-refractivity contribution >= 4 is 32.7 Å². The molecular weight excluding hydrogens is 669 g/mol. The van der Waals surface area contributed by atoms with Gasteiger partial charge >= 0.3 is 0 Å². The van der Waals surface area contributed by atoms with Crippen molar-refractivity contribution in [3.63, 3.8) is 0 Å². The first kappa shape index (κ1) is 31.4. The smallest absolute Gasteiger partial charge is 0.161 e. The van der Waals surface area contributed by atoms with Gasteiger partial charge in [-0.1, -0.05) is 164 Å². The SMILES string of the molecule is CC1(c2ccccc2)c2ccccc2-c2c(-c3cc(-c4ccccc4-c4ccc5oc6ccccc6c5c4)nc(-c4cccc5ccccc45)n3)cccc21. The summed E-state index contributed by atoms with van der Waals surface area (Å²) in [5, 5.41) is 4.49. The number of hydrogen-bond donors (Lipinski definition) is 0. The van der Waals surface area contributed by atoms with Crippen molar-refractivity contribution in [1.82, 2.24) is 9.97 Å². The number of aromatic nitrogens is 2. The van der Waals surface area contributed by atoms with E-state index in [4.69, 9.17) is 14.4 Å². The highest BCUT2D eigenvalue weighted by molar-refractivity contribution is 6.07. The van der Waals surface area contributed by atoms with Gasteiger partial charge in [-0.3, -0.25) is 0 Å². The van der Waals surface area contributed by atoms with E-state index in [1.807, 2.05) is 12.1 Å². The lowest BCUT2D eigenvalue weighted by Crippen LogP contribution is -2.22. The number of hydrogen-bond acceptors (Lipinski definition) is 3. The maximum atomic E-state index is 6.21. The minimum atomic E-state index is -0.319. The maximum absolute atomic E-state index is 6.21. The van der Waals surface area contributed by atoms with E-state index in [1.54, 1.807) is 0 Å². The molecule has 0 saturated carbocycles. The number of para-hydroxylation sites is 1. The summed E-state index contributed by atoms with van der Waals surface area (Å²) in [5.41, 5.74) is 14.9. The van der Waals surface area contributed by atoms with E-state index in [9.17, 15) is 0 Å². The van der Waals surface area contributed by atoms with Gasteiger partial charge in [0.1, 0.15) is 11.2 Å². The third-order valence-electron chi connectivity index (χ3n) is 11.6. The fourth-order valence-electron chi connectivity index (χ4n) is 8.95. The highest BCUT2D eigenvalue weighted by atomic mass is 16.3. The van der Waals surface area contributed by atoms with Crippen LogP contribution in [-0.2, 0) is 5.41 Å². The summed E-state index contributed by atoms with van der Waals surface area (Å²) < 4.78 is 6.21. The molecule has 55 heavy (non-hydrogen) atoms. The predicted octanol–water partition coefficient (Wildman–Crippen LogP) is 13.5. The van der Waals surface area contributed by atoms with E-state index in [0.717, 1.165) is 71.9 Å². The van der Waals surface area contributed by atoms with Gasteiger partial charge in [0.2, 0.25) is 0 Å². The van der Waals surface area contributed by atoms with Crippen LogP contribution in [-0.4, -0.2) is 9.97 Å². The van der Waals surface area contributed by atoms with Crippen molar-refractivity contribution in [2.24, 2.45) is 0 Å². The Bertz CT molecular complexity index is 3120. The predicted molar refractivity (Wildman–Crippen MR) is 226 cm³/mol. The molecule has 1 aliphatic rings. The van der Waals surface area contributed by atoms with Crippen LogP contribution in [0.15, 0.2) is 192 Å². The molecule has 0 bridgehead atoms. The molecule has 0 fully saturated rings. The molecule has 3 heteroatoms. The molecule has 3 nitrogen and oxygen atoms in total. The van der Waals surface area contributed by atoms with Gasteiger partial charge in [0.25, 0.3) is 0 Å². The third-order valence-corrected chi connectivity index (χ3v) is 11.6. The van der Waals surface area contributed by atoms with Crippen molar-refractivity contribution in [3.8, 4) is 56.2 Å². The molecule has 0 amide bonds. The van der Waals surface area contributed by atoms with Crippen LogP contribution < -0.4 is 0 Å². The second kappa shape index (κ2) is 12.2. The van der Waals surface area contributed by atoms with E-state index in [2.05, 4.69) is 183 Å². The van der Waals surface area contributed by atoms with E-state index >= 15 is 0 Å². The standard InChI is InChI=1S/C52H34N2O/c1-52(35-17-3-2-4-18-35)44-26-11-9-23-41(44)50-42(25-14-27-45(50)52)47-32-46(53-51(54-47)40-24-13-16-33-15-5-6-19-36(33)40)38-21-8-7-20-37(38)34-29-30-49-43(31-34)39-22-10-12-28-48(39)55-49/h2-32H,1H3. The van der Waals surface area contributed by atoms with Crippen molar-refractivity contribution in [3.05, 3.63) is 205 Å². The summed E-state index contributed by atoms with van der Waals surface area (Å²) in [4.78, 5) is 10.9. The van der Waals surface area contributed by atoms with E-state index < -0.39 is 0 Å². The molecule has 0 spiro atoms. The molecule has 0 radical (unpaired) electrons. The first-order chi connectivity index (χ1) is 27.1. The van der Waals surface area contributed by atoms with E-state index in [0.29, 0.717) is 5.82 Å². The van der Waals surface area contributed by atoms with Crippen molar-refractivity contribution in [2.45, 2.75) is 12.3 Å². The summed E-state index contributed by atoms with van der Waals surface area (Å²) in [7, 11) is 0. The third kappa shape index (κ3) is 4.83. The first-order valence-corrected chi connectivity index (χ1v) is 18.8. The molecule has 11 rings (SSSR count). The van der Waals surface area contributed by atoms with Crippen LogP contribution >= 0.6 is 0 Å². The average molecular weight is 703 g/mol.